The van der Waals surface area contributed by atoms with Gasteiger partial charge in [0.05, 0.1) is 0 Å². The summed E-state index contributed by atoms with van der Waals surface area (Å²) in [6.07, 6.45) is 3.46. The van der Waals surface area contributed by atoms with Crippen LogP contribution < -0.4 is 5.32 Å². The molecule has 0 bridgehead atoms. The van der Waals surface area contributed by atoms with E-state index >= 15 is 0 Å². The zero-order valence-corrected chi connectivity index (χ0v) is 10.6. The van der Waals surface area contributed by atoms with Gasteiger partial charge in [-0.05, 0) is 44.7 Å². The SMILES string of the molecule is Cc1ccccc1NC(=O)N1CCCC[C@@H]1C. The third-order valence-electron chi connectivity index (χ3n) is 3.45. The standard InChI is InChI=1S/C14H20N2O/c1-11-7-3-4-9-13(11)15-14(17)16-10-6-5-8-12(16)2/h3-4,7,9,12H,5-6,8,10H2,1-2H3,(H,15,17)/t12-/m0/s1. The largest absolute Gasteiger partial charge is 0.322 e. The number of likely N-dealkylation sites (tertiary alicyclic amines) is 1. The van der Waals surface area contributed by atoms with Crippen molar-refractivity contribution in [3.05, 3.63) is 29.8 Å². The number of carbonyl (C=O) groups excluding carboxylic acids is 1. The molecule has 3 nitrogen and oxygen atoms in total. The third kappa shape index (κ3) is 2.78. The van der Waals surface area contributed by atoms with Crippen LogP contribution in [-0.2, 0) is 0 Å². The summed E-state index contributed by atoms with van der Waals surface area (Å²) in [5.41, 5.74) is 2.01. The van der Waals surface area contributed by atoms with E-state index in [2.05, 4.69) is 12.2 Å². The minimum absolute atomic E-state index is 0.0338. The number of rotatable bonds is 1. The molecule has 1 aliphatic heterocycles. The number of nitrogens with zero attached hydrogens (tertiary/aromatic N) is 1. The van der Waals surface area contributed by atoms with Gasteiger partial charge in [-0.1, -0.05) is 18.2 Å². The highest BCUT2D eigenvalue weighted by Crippen LogP contribution is 2.19. The number of piperidine rings is 1. The molecule has 1 saturated heterocycles. The smallest absolute Gasteiger partial charge is 0.322 e. The second-order valence-corrected chi connectivity index (χ2v) is 4.78. The van der Waals surface area contributed by atoms with Gasteiger partial charge in [-0.15, -0.1) is 0 Å². The maximum absolute atomic E-state index is 12.1. The van der Waals surface area contributed by atoms with E-state index in [1.807, 2.05) is 36.1 Å². The molecular formula is C14H20N2O. The van der Waals surface area contributed by atoms with Gasteiger partial charge < -0.3 is 10.2 Å². The van der Waals surface area contributed by atoms with E-state index < -0.39 is 0 Å². The lowest BCUT2D eigenvalue weighted by Crippen LogP contribution is -2.44. The van der Waals surface area contributed by atoms with Gasteiger partial charge in [0.15, 0.2) is 0 Å². The van der Waals surface area contributed by atoms with Gasteiger partial charge in [-0.2, -0.15) is 0 Å². The van der Waals surface area contributed by atoms with Crippen LogP contribution in [-0.4, -0.2) is 23.5 Å². The van der Waals surface area contributed by atoms with Gasteiger partial charge in [0, 0.05) is 18.3 Å². The molecule has 1 aromatic rings. The highest BCUT2D eigenvalue weighted by Gasteiger charge is 2.23. The van der Waals surface area contributed by atoms with Crippen molar-refractivity contribution in [3.8, 4) is 0 Å². The van der Waals surface area contributed by atoms with Gasteiger partial charge >= 0.3 is 6.03 Å². The quantitative estimate of drug-likeness (QED) is 0.790. The molecule has 1 fully saturated rings. The summed E-state index contributed by atoms with van der Waals surface area (Å²) in [4.78, 5) is 14.1. The van der Waals surface area contributed by atoms with Crippen LogP contribution >= 0.6 is 0 Å². The van der Waals surface area contributed by atoms with Crippen molar-refractivity contribution in [2.24, 2.45) is 0 Å². The fraction of sp³-hybridized carbons (Fsp3) is 0.500. The number of hydrogen-bond donors (Lipinski definition) is 1. The monoisotopic (exact) mass is 232 g/mol. The average Bonchev–Trinajstić information content (AvgIpc) is 2.32. The Bertz CT molecular complexity index is 403. The molecule has 1 atom stereocenters. The summed E-state index contributed by atoms with van der Waals surface area (Å²) in [7, 11) is 0. The van der Waals surface area contributed by atoms with E-state index in [0.29, 0.717) is 6.04 Å². The van der Waals surface area contributed by atoms with E-state index in [1.54, 1.807) is 0 Å². The molecule has 3 heteroatoms. The molecule has 0 unspecified atom stereocenters. The Hall–Kier alpha value is -1.51. The lowest BCUT2D eigenvalue weighted by molar-refractivity contribution is 0.170. The number of nitrogens with one attached hydrogen (secondary N) is 1. The van der Waals surface area contributed by atoms with Gasteiger partial charge in [-0.25, -0.2) is 4.79 Å². The number of anilines is 1. The molecule has 0 aliphatic carbocycles. The molecule has 2 amide bonds. The highest BCUT2D eigenvalue weighted by atomic mass is 16.2. The molecule has 0 aromatic heterocycles. The van der Waals surface area contributed by atoms with Crippen LogP contribution in [0.4, 0.5) is 10.5 Å². The number of aryl methyl sites for hydroxylation is 1. The molecule has 1 aromatic carbocycles. The Balaban J connectivity index is 2.03. The average molecular weight is 232 g/mol. The van der Waals surface area contributed by atoms with Crippen LogP contribution in [0.1, 0.15) is 31.7 Å². The summed E-state index contributed by atoms with van der Waals surface area (Å²) in [5.74, 6) is 0. The molecule has 0 saturated carbocycles. The Kier molecular flexibility index (Phi) is 3.67. The molecule has 17 heavy (non-hydrogen) atoms. The molecule has 1 heterocycles. The molecule has 1 N–H and O–H groups in total. The van der Waals surface area contributed by atoms with Crippen LogP contribution in [0.5, 0.6) is 0 Å². The Morgan fingerprint density at radius 3 is 2.82 bits per heavy atom. The van der Waals surface area contributed by atoms with Crippen molar-refractivity contribution < 1.29 is 4.79 Å². The van der Waals surface area contributed by atoms with Crippen molar-refractivity contribution in [1.82, 2.24) is 4.90 Å². The van der Waals surface area contributed by atoms with Crippen molar-refractivity contribution in [1.29, 1.82) is 0 Å². The van der Waals surface area contributed by atoms with Gasteiger partial charge in [0.25, 0.3) is 0 Å². The van der Waals surface area contributed by atoms with Gasteiger partial charge in [-0.3, -0.25) is 0 Å². The van der Waals surface area contributed by atoms with Crippen molar-refractivity contribution in [2.75, 3.05) is 11.9 Å². The van der Waals surface area contributed by atoms with Gasteiger partial charge in [0.1, 0.15) is 0 Å². The zero-order chi connectivity index (χ0) is 12.3. The predicted octanol–water partition coefficient (Wildman–Crippen LogP) is 3.40. The summed E-state index contributed by atoms with van der Waals surface area (Å²) in [5, 5.41) is 3.00. The maximum Gasteiger partial charge on any atom is 0.322 e. The fourth-order valence-corrected chi connectivity index (χ4v) is 2.30. The number of amides is 2. The maximum atomic E-state index is 12.1. The van der Waals surface area contributed by atoms with E-state index in [9.17, 15) is 4.79 Å². The summed E-state index contributed by atoms with van der Waals surface area (Å²) < 4.78 is 0. The minimum Gasteiger partial charge on any atom is -0.322 e. The molecule has 1 aliphatic rings. The number of urea groups is 1. The molecule has 92 valence electrons. The van der Waals surface area contributed by atoms with Crippen molar-refractivity contribution in [2.45, 2.75) is 39.2 Å². The fourth-order valence-electron chi connectivity index (χ4n) is 2.30. The summed E-state index contributed by atoms with van der Waals surface area (Å²) in [6, 6.07) is 8.27. The van der Waals surface area contributed by atoms with E-state index in [0.717, 1.165) is 30.6 Å². The van der Waals surface area contributed by atoms with Crippen LogP contribution in [0.2, 0.25) is 0 Å². The molecule has 0 spiro atoms. The third-order valence-corrected chi connectivity index (χ3v) is 3.45. The molecule has 0 radical (unpaired) electrons. The summed E-state index contributed by atoms with van der Waals surface area (Å²) >= 11 is 0. The first-order valence-corrected chi connectivity index (χ1v) is 6.32. The van der Waals surface area contributed by atoms with E-state index in [1.165, 1.54) is 6.42 Å². The molecule has 2 rings (SSSR count). The number of carbonyl (C=O) groups is 1. The van der Waals surface area contributed by atoms with Crippen molar-refractivity contribution >= 4 is 11.7 Å². The van der Waals surface area contributed by atoms with Crippen LogP contribution in [0.25, 0.3) is 0 Å². The zero-order valence-electron chi connectivity index (χ0n) is 10.6. The second-order valence-electron chi connectivity index (χ2n) is 4.78. The number of benzene rings is 1. The van der Waals surface area contributed by atoms with Crippen LogP contribution in [0, 0.1) is 6.92 Å². The van der Waals surface area contributed by atoms with E-state index in [-0.39, 0.29) is 6.03 Å². The number of hydrogen-bond acceptors (Lipinski definition) is 1. The lowest BCUT2D eigenvalue weighted by Gasteiger charge is -2.33. The lowest BCUT2D eigenvalue weighted by atomic mass is 10.0. The van der Waals surface area contributed by atoms with Crippen LogP contribution in [0.3, 0.4) is 0 Å². The first-order chi connectivity index (χ1) is 8.18. The Morgan fingerprint density at radius 1 is 1.35 bits per heavy atom. The first kappa shape index (κ1) is 12.0. The number of para-hydroxylation sites is 1. The second kappa shape index (κ2) is 5.21. The van der Waals surface area contributed by atoms with Gasteiger partial charge in [0.2, 0.25) is 0 Å². The Labute approximate surface area is 103 Å². The first-order valence-electron chi connectivity index (χ1n) is 6.32. The molecular weight excluding hydrogens is 212 g/mol. The highest BCUT2D eigenvalue weighted by molar-refractivity contribution is 5.90. The minimum atomic E-state index is 0.0338. The predicted molar refractivity (Wildman–Crippen MR) is 70.2 cm³/mol. The normalized spacial score (nSPS) is 20.1. The van der Waals surface area contributed by atoms with Crippen molar-refractivity contribution in [3.63, 3.8) is 0 Å². The topological polar surface area (TPSA) is 32.3 Å². The summed E-state index contributed by atoms with van der Waals surface area (Å²) in [6.45, 7) is 5.00. The van der Waals surface area contributed by atoms with Crippen LogP contribution in [0.15, 0.2) is 24.3 Å². The Morgan fingerprint density at radius 2 is 2.12 bits per heavy atom. The van der Waals surface area contributed by atoms with E-state index in [4.69, 9.17) is 0 Å².